The fourth-order valence-corrected chi connectivity index (χ4v) is 4.69. The fourth-order valence-electron chi connectivity index (χ4n) is 4.04. The van der Waals surface area contributed by atoms with Crippen molar-refractivity contribution in [3.63, 3.8) is 0 Å². The first-order valence-corrected chi connectivity index (χ1v) is 11.9. The summed E-state index contributed by atoms with van der Waals surface area (Å²) in [5.41, 5.74) is 4.04. The van der Waals surface area contributed by atoms with E-state index >= 15 is 0 Å². The number of aliphatic imine (C=N–C) groups is 1. The normalized spacial score (nSPS) is 15.0. The molecule has 168 valence electrons. The van der Waals surface area contributed by atoms with E-state index in [0.717, 1.165) is 47.9 Å². The number of piperazine rings is 1. The molecule has 7 nitrogen and oxygen atoms in total. The Hall–Kier alpha value is -3.49. The summed E-state index contributed by atoms with van der Waals surface area (Å²) in [6.07, 6.45) is 0. The van der Waals surface area contributed by atoms with Crippen LogP contribution in [0.15, 0.2) is 65.0 Å². The van der Waals surface area contributed by atoms with E-state index in [4.69, 9.17) is 0 Å². The van der Waals surface area contributed by atoms with E-state index in [2.05, 4.69) is 25.8 Å². The molecular formula is C25H25N5O2S. The van der Waals surface area contributed by atoms with Gasteiger partial charge in [0.25, 0.3) is 11.8 Å². The summed E-state index contributed by atoms with van der Waals surface area (Å²) in [6.45, 7) is 4.84. The Morgan fingerprint density at radius 2 is 1.79 bits per heavy atom. The van der Waals surface area contributed by atoms with E-state index in [1.165, 1.54) is 0 Å². The fraction of sp³-hybridized carbons (Fsp3) is 0.240. The van der Waals surface area contributed by atoms with Crippen LogP contribution in [0, 0.1) is 0 Å². The standard InChI is InChI=1S/C25H25N5O2S/c31-24(28-16-21-2-1-13-33-21)18-3-4-19-15-27-23(22(19)14-18)29-25(32)17-5-7-20(8-6-17)30-11-9-26-10-12-30/h1-8,13-14,26H,9-12,15-16H2,(H,28,31)(H,27,29,32). The molecule has 0 radical (unpaired) electrons. The third-order valence-corrected chi connectivity index (χ3v) is 6.76. The molecule has 2 aliphatic rings. The quantitative estimate of drug-likeness (QED) is 0.548. The van der Waals surface area contributed by atoms with E-state index < -0.39 is 0 Å². The zero-order chi connectivity index (χ0) is 22.6. The molecule has 8 heteroatoms. The van der Waals surface area contributed by atoms with Gasteiger partial charge >= 0.3 is 0 Å². The molecule has 0 atom stereocenters. The minimum atomic E-state index is -0.207. The Morgan fingerprint density at radius 3 is 2.55 bits per heavy atom. The van der Waals surface area contributed by atoms with E-state index in [1.54, 1.807) is 23.5 Å². The second kappa shape index (κ2) is 9.56. The number of amides is 2. The highest BCUT2D eigenvalue weighted by atomic mass is 32.1. The Bertz CT molecular complexity index is 1180. The minimum Gasteiger partial charge on any atom is -0.369 e. The average Bonchev–Trinajstić information content (AvgIpc) is 3.53. The summed E-state index contributed by atoms with van der Waals surface area (Å²) in [4.78, 5) is 33.4. The number of carbonyl (C=O) groups excluding carboxylic acids is 2. The molecule has 1 aromatic heterocycles. The summed E-state index contributed by atoms with van der Waals surface area (Å²) in [5, 5.41) is 11.2. The molecule has 0 aliphatic carbocycles. The van der Waals surface area contributed by atoms with Gasteiger partial charge in [0.2, 0.25) is 0 Å². The third kappa shape index (κ3) is 4.81. The van der Waals surface area contributed by atoms with Crippen LogP contribution >= 0.6 is 11.3 Å². The maximum absolute atomic E-state index is 12.9. The number of amidine groups is 1. The van der Waals surface area contributed by atoms with Gasteiger partial charge in [-0.1, -0.05) is 12.1 Å². The van der Waals surface area contributed by atoms with Crippen LogP contribution in [0.1, 0.15) is 36.7 Å². The first-order valence-electron chi connectivity index (χ1n) is 11.0. The maximum atomic E-state index is 12.9. The number of anilines is 1. The summed E-state index contributed by atoms with van der Waals surface area (Å²) in [7, 11) is 0. The lowest BCUT2D eigenvalue weighted by Gasteiger charge is -2.29. The van der Waals surface area contributed by atoms with Crippen LogP contribution in [0.25, 0.3) is 0 Å². The molecule has 2 aromatic carbocycles. The molecule has 0 spiro atoms. The summed E-state index contributed by atoms with van der Waals surface area (Å²) in [6, 6.07) is 17.1. The van der Waals surface area contributed by atoms with Crippen molar-refractivity contribution >= 4 is 34.7 Å². The predicted octanol–water partition coefficient (Wildman–Crippen LogP) is 2.78. The lowest BCUT2D eigenvalue weighted by atomic mass is 10.0. The van der Waals surface area contributed by atoms with Crippen molar-refractivity contribution in [1.82, 2.24) is 16.0 Å². The summed E-state index contributed by atoms with van der Waals surface area (Å²) < 4.78 is 0. The highest BCUT2D eigenvalue weighted by molar-refractivity contribution is 7.09. The van der Waals surface area contributed by atoms with Crippen molar-refractivity contribution in [3.05, 3.63) is 87.1 Å². The van der Waals surface area contributed by atoms with E-state index in [-0.39, 0.29) is 11.8 Å². The Morgan fingerprint density at radius 1 is 1.00 bits per heavy atom. The molecule has 2 aliphatic heterocycles. The van der Waals surface area contributed by atoms with Gasteiger partial charge in [-0.3, -0.25) is 14.6 Å². The van der Waals surface area contributed by atoms with Crippen molar-refractivity contribution < 1.29 is 9.59 Å². The van der Waals surface area contributed by atoms with Crippen LogP contribution in [0.3, 0.4) is 0 Å². The number of hydrogen-bond acceptors (Lipinski definition) is 6. The van der Waals surface area contributed by atoms with Gasteiger partial charge in [0.15, 0.2) is 0 Å². The second-order valence-corrected chi connectivity index (χ2v) is 9.07. The number of thiophene rings is 1. The van der Waals surface area contributed by atoms with Gasteiger partial charge in [0.05, 0.1) is 13.1 Å². The zero-order valence-corrected chi connectivity index (χ0v) is 19.0. The molecule has 5 rings (SSSR count). The van der Waals surface area contributed by atoms with Crippen molar-refractivity contribution in [2.24, 2.45) is 4.99 Å². The maximum Gasteiger partial charge on any atom is 0.256 e. The van der Waals surface area contributed by atoms with Gasteiger partial charge in [0, 0.05) is 53.4 Å². The SMILES string of the molecule is O=C(NCc1cccs1)c1ccc2c(c1)C(NC(=O)c1ccc(N3CCNCC3)cc1)=NC2. The Balaban J connectivity index is 1.24. The number of rotatable bonds is 5. The van der Waals surface area contributed by atoms with Crippen LogP contribution in [-0.2, 0) is 13.1 Å². The summed E-state index contributed by atoms with van der Waals surface area (Å²) in [5.74, 6) is 0.155. The number of hydrogen-bond donors (Lipinski definition) is 3. The molecule has 3 aromatic rings. The number of nitrogens with zero attached hydrogens (tertiary/aromatic N) is 2. The topological polar surface area (TPSA) is 85.8 Å². The van der Waals surface area contributed by atoms with Crippen LogP contribution in [-0.4, -0.2) is 43.8 Å². The lowest BCUT2D eigenvalue weighted by molar-refractivity contribution is 0.0949. The molecule has 2 amide bonds. The Kier molecular flexibility index (Phi) is 6.19. The molecule has 0 bridgehead atoms. The molecule has 33 heavy (non-hydrogen) atoms. The Labute approximate surface area is 196 Å². The summed E-state index contributed by atoms with van der Waals surface area (Å²) >= 11 is 1.61. The first-order chi connectivity index (χ1) is 16.2. The van der Waals surface area contributed by atoms with Crippen molar-refractivity contribution in [2.45, 2.75) is 13.1 Å². The van der Waals surface area contributed by atoms with Crippen molar-refractivity contribution in [3.8, 4) is 0 Å². The van der Waals surface area contributed by atoms with Crippen LogP contribution < -0.4 is 20.9 Å². The number of nitrogens with one attached hydrogen (secondary N) is 3. The number of fused-ring (bicyclic) bond motifs is 1. The number of carbonyl (C=O) groups is 2. The van der Waals surface area contributed by atoms with Crippen molar-refractivity contribution in [1.29, 1.82) is 0 Å². The predicted molar refractivity (Wildman–Crippen MR) is 131 cm³/mol. The molecule has 3 heterocycles. The van der Waals surface area contributed by atoms with Gasteiger partial charge in [-0.2, -0.15) is 0 Å². The zero-order valence-electron chi connectivity index (χ0n) is 18.1. The van der Waals surface area contributed by atoms with Gasteiger partial charge in [-0.15, -0.1) is 11.3 Å². The van der Waals surface area contributed by atoms with Crippen LogP contribution in [0.4, 0.5) is 5.69 Å². The molecular weight excluding hydrogens is 434 g/mol. The molecule has 1 saturated heterocycles. The third-order valence-electron chi connectivity index (χ3n) is 5.88. The van der Waals surface area contributed by atoms with Gasteiger partial charge in [-0.25, -0.2) is 0 Å². The minimum absolute atomic E-state index is 0.146. The largest absolute Gasteiger partial charge is 0.369 e. The highest BCUT2D eigenvalue weighted by Crippen LogP contribution is 2.21. The molecule has 0 unspecified atom stereocenters. The number of benzene rings is 2. The van der Waals surface area contributed by atoms with E-state index in [9.17, 15) is 9.59 Å². The average molecular weight is 460 g/mol. The van der Waals surface area contributed by atoms with Gasteiger partial charge < -0.3 is 20.9 Å². The van der Waals surface area contributed by atoms with Gasteiger partial charge in [-0.05, 0) is 53.4 Å². The monoisotopic (exact) mass is 459 g/mol. The van der Waals surface area contributed by atoms with E-state index in [0.29, 0.717) is 30.1 Å². The van der Waals surface area contributed by atoms with Crippen LogP contribution in [0.2, 0.25) is 0 Å². The molecule has 0 saturated carbocycles. The molecule has 3 N–H and O–H groups in total. The first kappa shape index (κ1) is 21.4. The van der Waals surface area contributed by atoms with Crippen molar-refractivity contribution in [2.75, 3.05) is 31.1 Å². The van der Waals surface area contributed by atoms with Gasteiger partial charge in [0.1, 0.15) is 5.84 Å². The second-order valence-electron chi connectivity index (χ2n) is 8.04. The smallest absolute Gasteiger partial charge is 0.256 e. The molecule has 1 fully saturated rings. The highest BCUT2D eigenvalue weighted by Gasteiger charge is 2.21. The lowest BCUT2D eigenvalue weighted by Crippen LogP contribution is -2.43. The van der Waals surface area contributed by atoms with Crippen LogP contribution in [0.5, 0.6) is 0 Å². The van der Waals surface area contributed by atoms with E-state index in [1.807, 2.05) is 47.8 Å².